The molecule has 0 spiro atoms. The molecule has 0 aromatic heterocycles. The molecule has 0 aliphatic carbocycles. The monoisotopic (exact) mass is 283 g/mol. The highest BCUT2D eigenvalue weighted by atomic mass is 35.5. The van der Waals surface area contributed by atoms with Crippen molar-refractivity contribution >= 4 is 11.6 Å². The van der Waals surface area contributed by atoms with Crippen molar-refractivity contribution in [3.8, 4) is 5.75 Å². The predicted molar refractivity (Wildman–Crippen MR) is 70.0 cm³/mol. The fourth-order valence-corrected chi connectivity index (χ4v) is 1.78. The Bertz CT molecular complexity index is 590. The van der Waals surface area contributed by atoms with E-state index in [2.05, 4.69) is 0 Å². The summed E-state index contributed by atoms with van der Waals surface area (Å²) < 4.78 is 31.7. The van der Waals surface area contributed by atoms with Gasteiger partial charge < -0.3 is 10.5 Å². The van der Waals surface area contributed by atoms with Gasteiger partial charge in [0.05, 0.1) is 5.02 Å². The standard InChI is InChI=1S/C14H12ClF2NO/c15-12-6-11(2-4-14(12)17)19-8-9-1-3-13(16)10(5-9)7-18/h1-6H,7-8,18H2. The zero-order chi connectivity index (χ0) is 13.8. The van der Waals surface area contributed by atoms with E-state index < -0.39 is 5.82 Å². The second-order valence-electron chi connectivity index (χ2n) is 3.99. The van der Waals surface area contributed by atoms with Gasteiger partial charge in [-0.05, 0) is 29.8 Å². The van der Waals surface area contributed by atoms with Crippen LogP contribution in [0.3, 0.4) is 0 Å². The van der Waals surface area contributed by atoms with E-state index in [0.29, 0.717) is 11.3 Å². The lowest BCUT2D eigenvalue weighted by atomic mass is 10.1. The van der Waals surface area contributed by atoms with Crippen molar-refractivity contribution < 1.29 is 13.5 Å². The molecule has 2 aromatic carbocycles. The van der Waals surface area contributed by atoms with Crippen LogP contribution in [-0.2, 0) is 13.2 Å². The molecule has 0 unspecified atom stereocenters. The number of hydrogen-bond acceptors (Lipinski definition) is 2. The highest BCUT2D eigenvalue weighted by Crippen LogP contribution is 2.22. The Kier molecular flexibility index (Phi) is 4.35. The van der Waals surface area contributed by atoms with Gasteiger partial charge in [-0.25, -0.2) is 8.78 Å². The van der Waals surface area contributed by atoms with Crippen LogP contribution in [0.1, 0.15) is 11.1 Å². The van der Waals surface area contributed by atoms with Crippen molar-refractivity contribution in [3.05, 3.63) is 64.2 Å². The zero-order valence-corrected chi connectivity index (χ0v) is 10.8. The summed E-state index contributed by atoms with van der Waals surface area (Å²) in [7, 11) is 0. The van der Waals surface area contributed by atoms with Crippen LogP contribution in [0.4, 0.5) is 8.78 Å². The summed E-state index contributed by atoms with van der Waals surface area (Å²) in [5, 5.41) is -0.000691. The molecule has 2 nitrogen and oxygen atoms in total. The smallest absolute Gasteiger partial charge is 0.142 e. The molecule has 2 rings (SSSR count). The third-order valence-electron chi connectivity index (χ3n) is 2.63. The van der Waals surface area contributed by atoms with E-state index >= 15 is 0 Å². The van der Waals surface area contributed by atoms with Crippen LogP contribution in [0, 0.1) is 11.6 Å². The number of benzene rings is 2. The molecular formula is C14H12ClF2NO. The normalized spacial score (nSPS) is 10.5. The van der Waals surface area contributed by atoms with Crippen molar-refractivity contribution in [2.45, 2.75) is 13.2 Å². The first kappa shape index (κ1) is 13.8. The zero-order valence-electron chi connectivity index (χ0n) is 10.00. The Morgan fingerprint density at radius 2 is 1.79 bits per heavy atom. The Balaban J connectivity index is 2.07. The van der Waals surface area contributed by atoms with Gasteiger partial charge in [0.2, 0.25) is 0 Å². The number of halogens is 3. The second kappa shape index (κ2) is 5.99. The summed E-state index contributed by atoms with van der Waals surface area (Å²) in [5.74, 6) is -0.387. The van der Waals surface area contributed by atoms with Crippen molar-refractivity contribution in [3.63, 3.8) is 0 Å². The van der Waals surface area contributed by atoms with Gasteiger partial charge in [0, 0.05) is 18.2 Å². The molecule has 100 valence electrons. The Labute approximate surface area is 114 Å². The molecule has 0 aliphatic heterocycles. The van der Waals surface area contributed by atoms with Crippen LogP contribution < -0.4 is 10.5 Å². The first-order valence-electron chi connectivity index (χ1n) is 5.65. The van der Waals surface area contributed by atoms with E-state index in [1.54, 1.807) is 12.1 Å². The first-order chi connectivity index (χ1) is 9.10. The number of ether oxygens (including phenoxy) is 1. The highest BCUT2D eigenvalue weighted by molar-refractivity contribution is 6.30. The van der Waals surface area contributed by atoms with Crippen LogP contribution >= 0.6 is 11.6 Å². The largest absolute Gasteiger partial charge is 0.489 e. The van der Waals surface area contributed by atoms with Gasteiger partial charge >= 0.3 is 0 Å². The number of hydrogen-bond donors (Lipinski definition) is 1. The Hall–Kier alpha value is -1.65. The van der Waals surface area contributed by atoms with E-state index in [9.17, 15) is 8.78 Å². The molecule has 0 bridgehead atoms. The lowest BCUT2D eigenvalue weighted by Gasteiger charge is -2.08. The van der Waals surface area contributed by atoms with Crippen LogP contribution in [0.25, 0.3) is 0 Å². The van der Waals surface area contributed by atoms with Gasteiger partial charge in [0.15, 0.2) is 0 Å². The average Bonchev–Trinajstić information content (AvgIpc) is 2.41. The molecule has 0 aliphatic rings. The molecule has 0 saturated heterocycles. The summed E-state index contributed by atoms with van der Waals surface area (Å²) in [4.78, 5) is 0. The summed E-state index contributed by atoms with van der Waals surface area (Å²) in [6.45, 7) is 0.358. The van der Waals surface area contributed by atoms with E-state index in [1.165, 1.54) is 24.3 Å². The lowest BCUT2D eigenvalue weighted by molar-refractivity contribution is 0.305. The summed E-state index contributed by atoms with van der Waals surface area (Å²) in [6, 6.07) is 8.70. The fourth-order valence-electron chi connectivity index (χ4n) is 1.61. The van der Waals surface area contributed by atoms with E-state index in [0.717, 1.165) is 5.56 Å². The molecule has 0 fully saturated rings. The van der Waals surface area contributed by atoms with Gasteiger partial charge in [-0.15, -0.1) is 0 Å². The Morgan fingerprint density at radius 1 is 1.05 bits per heavy atom. The molecule has 19 heavy (non-hydrogen) atoms. The minimum atomic E-state index is -0.499. The van der Waals surface area contributed by atoms with E-state index in [4.69, 9.17) is 22.1 Å². The van der Waals surface area contributed by atoms with Crippen molar-refractivity contribution in [1.29, 1.82) is 0 Å². The summed E-state index contributed by atoms with van der Waals surface area (Å²) >= 11 is 5.64. The van der Waals surface area contributed by atoms with Crippen LogP contribution in [0.2, 0.25) is 5.02 Å². The van der Waals surface area contributed by atoms with Gasteiger partial charge in [0.25, 0.3) is 0 Å². The van der Waals surface area contributed by atoms with E-state index in [-0.39, 0.29) is 24.0 Å². The number of rotatable bonds is 4. The highest BCUT2D eigenvalue weighted by Gasteiger charge is 2.04. The Morgan fingerprint density at radius 3 is 2.47 bits per heavy atom. The van der Waals surface area contributed by atoms with Gasteiger partial charge in [-0.3, -0.25) is 0 Å². The first-order valence-corrected chi connectivity index (χ1v) is 6.03. The average molecular weight is 284 g/mol. The third kappa shape index (κ3) is 3.43. The molecule has 0 atom stereocenters. The molecule has 0 amide bonds. The maximum Gasteiger partial charge on any atom is 0.142 e. The SMILES string of the molecule is NCc1cc(COc2ccc(F)c(Cl)c2)ccc1F. The minimum absolute atomic E-state index is 0.000691. The molecule has 5 heteroatoms. The van der Waals surface area contributed by atoms with Crippen molar-refractivity contribution in [1.82, 2.24) is 0 Å². The van der Waals surface area contributed by atoms with E-state index in [1.807, 2.05) is 0 Å². The second-order valence-corrected chi connectivity index (χ2v) is 4.40. The summed E-state index contributed by atoms with van der Waals surface area (Å²) in [5.41, 5.74) is 6.63. The molecule has 2 N–H and O–H groups in total. The quantitative estimate of drug-likeness (QED) is 0.929. The minimum Gasteiger partial charge on any atom is -0.489 e. The van der Waals surface area contributed by atoms with Crippen molar-refractivity contribution in [2.75, 3.05) is 0 Å². The molecule has 2 aromatic rings. The van der Waals surface area contributed by atoms with Gasteiger partial charge in [-0.2, -0.15) is 0 Å². The van der Waals surface area contributed by atoms with Crippen molar-refractivity contribution in [2.24, 2.45) is 5.73 Å². The maximum absolute atomic E-state index is 13.3. The maximum atomic E-state index is 13.3. The predicted octanol–water partition coefficient (Wildman–Crippen LogP) is 3.66. The third-order valence-corrected chi connectivity index (χ3v) is 2.92. The summed E-state index contributed by atoms with van der Waals surface area (Å²) in [6.07, 6.45) is 0. The molecular weight excluding hydrogens is 272 g/mol. The van der Waals surface area contributed by atoms with Gasteiger partial charge in [-0.1, -0.05) is 17.7 Å². The topological polar surface area (TPSA) is 35.2 Å². The fraction of sp³-hybridized carbons (Fsp3) is 0.143. The van der Waals surface area contributed by atoms with Gasteiger partial charge in [0.1, 0.15) is 24.0 Å². The van der Waals surface area contributed by atoms with Crippen LogP contribution in [-0.4, -0.2) is 0 Å². The lowest BCUT2D eigenvalue weighted by Crippen LogP contribution is -2.02. The van der Waals surface area contributed by atoms with Crippen LogP contribution in [0.15, 0.2) is 36.4 Å². The molecule has 0 saturated carbocycles. The molecule has 0 radical (unpaired) electrons. The molecule has 0 heterocycles. The number of nitrogens with two attached hydrogens (primary N) is 1. The van der Waals surface area contributed by atoms with Crippen LogP contribution in [0.5, 0.6) is 5.75 Å².